The van der Waals surface area contributed by atoms with Crippen LogP contribution in [0.25, 0.3) is 0 Å². The van der Waals surface area contributed by atoms with E-state index in [4.69, 9.17) is 10.5 Å². The second kappa shape index (κ2) is 5.86. The number of nitrogens with one attached hydrogen (secondary N) is 1. The molecule has 0 saturated carbocycles. The third kappa shape index (κ3) is 3.50. The Bertz CT molecular complexity index is 382. The molecule has 0 radical (unpaired) electrons. The molecule has 0 aromatic heterocycles. The van der Waals surface area contributed by atoms with E-state index in [9.17, 15) is 4.79 Å². The minimum Gasteiger partial charge on any atom is -0.496 e. The zero-order valence-electron chi connectivity index (χ0n) is 9.29. The van der Waals surface area contributed by atoms with Gasteiger partial charge in [0.05, 0.1) is 18.1 Å². The molecule has 3 N–H and O–H groups in total. The number of amides is 1. The maximum Gasteiger partial charge on any atom is 0.231 e. The predicted molar refractivity (Wildman–Crippen MR) is 66.3 cm³/mol. The number of methoxy groups -OCH3 is 1. The number of primary amides is 1. The number of rotatable bonds is 5. The summed E-state index contributed by atoms with van der Waals surface area (Å²) in [6.07, 6.45) is 0. The van der Waals surface area contributed by atoms with Crippen LogP contribution in [0.3, 0.4) is 0 Å². The van der Waals surface area contributed by atoms with Crippen LogP contribution in [0.1, 0.15) is 18.5 Å². The molecule has 0 unspecified atom stereocenters. The molecule has 0 saturated heterocycles. The molecular formula is C11H15BrN2O2. The Kier molecular flexibility index (Phi) is 4.76. The molecule has 1 aromatic carbocycles. The highest BCUT2D eigenvalue weighted by Gasteiger charge is 2.08. The first kappa shape index (κ1) is 13.0. The SMILES string of the molecule is COc1ccc([C@@H](C)NCC(N)=O)cc1Br. The van der Waals surface area contributed by atoms with Crippen molar-refractivity contribution in [3.63, 3.8) is 0 Å². The molecule has 0 aliphatic heterocycles. The number of benzene rings is 1. The molecule has 1 rings (SSSR count). The molecule has 16 heavy (non-hydrogen) atoms. The number of carbonyl (C=O) groups is 1. The summed E-state index contributed by atoms with van der Waals surface area (Å²) in [7, 11) is 1.62. The molecule has 0 bridgehead atoms. The minimum atomic E-state index is -0.362. The van der Waals surface area contributed by atoms with Crippen LogP contribution in [-0.2, 0) is 4.79 Å². The average Bonchev–Trinajstić information content (AvgIpc) is 2.25. The summed E-state index contributed by atoms with van der Waals surface area (Å²) in [6, 6.07) is 5.84. The van der Waals surface area contributed by atoms with Gasteiger partial charge in [-0.25, -0.2) is 0 Å². The lowest BCUT2D eigenvalue weighted by Crippen LogP contribution is -2.30. The smallest absolute Gasteiger partial charge is 0.231 e. The van der Waals surface area contributed by atoms with Gasteiger partial charge in [0, 0.05) is 6.04 Å². The highest BCUT2D eigenvalue weighted by atomic mass is 79.9. The van der Waals surface area contributed by atoms with Crippen LogP contribution in [-0.4, -0.2) is 19.6 Å². The fourth-order valence-corrected chi connectivity index (χ4v) is 1.88. The fourth-order valence-electron chi connectivity index (χ4n) is 1.32. The predicted octanol–water partition coefficient (Wildman–Crippen LogP) is 1.59. The standard InChI is InChI=1S/C11H15BrN2O2/c1-7(14-6-11(13)15)8-3-4-10(16-2)9(12)5-8/h3-5,7,14H,6H2,1-2H3,(H2,13,15)/t7-/m1/s1. The van der Waals surface area contributed by atoms with Gasteiger partial charge in [-0.2, -0.15) is 0 Å². The zero-order valence-corrected chi connectivity index (χ0v) is 10.9. The van der Waals surface area contributed by atoms with Crippen LogP contribution in [0.15, 0.2) is 22.7 Å². The lowest BCUT2D eigenvalue weighted by Gasteiger charge is -2.14. The molecule has 0 fully saturated rings. The van der Waals surface area contributed by atoms with Crippen molar-refractivity contribution in [3.8, 4) is 5.75 Å². The molecule has 0 aliphatic rings. The van der Waals surface area contributed by atoms with E-state index in [-0.39, 0.29) is 18.5 Å². The molecule has 4 nitrogen and oxygen atoms in total. The molecule has 1 aromatic rings. The Morgan fingerprint density at radius 3 is 2.81 bits per heavy atom. The largest absolute Gasteiger partial charge is 0.496 e. The zero-order chi connectivity index (χ0) is 12.1. The summed E-state index contributed by atoms with van der Waals surface area (Å²) in [5.74, 6) is 0.422. The van der Waals surface area contributed by atoms with Gasteiger partial charge < -0.3 is 15.8 Å². The molecule has 0 heterocycles. The maximum atomic E-state index is 10.6. The van der Waals surface area contributed by atoms with E-state index in [0.29, 0.717) is 0 Å². The van der Waals surface area contributed by atoms with Crippen molar-refractivity contribution in [1.29, 1.82) is 0 Å². The molecule has 0 aliphatic carbocycles. The Morgan fingerprint density at radius 2 is 2.31 bits per heavy atom. The van der Waals surface area contributed by atoms with Crippen LogP contribution >= 0.6 is 15.9 Å². The number of hydrogen-bond donors (Lipinski definition) is 2. The van der Waals surface area contributed by atoms with Crippen molar-refractivity contribution in [2.45, 2.75) is 13.0 Å². The lowest BCUT2D eigenvalue weighted by molar-refractivity contribution is -0.117. The van der Waals surface area contributed by atoms with E-state index in [1.807, 2.05) is 25.1 Å². The van der Waals surface area contributed by atoms with Gasteiger partial charge in [-0.15, -0.1) is 0 Å². The molecule has 1 amide bonds. The van der Waals surface area contributed by atoms with Crippen molar-refractivity contribution in [2.75, 3.05) is 13.7 Å². The Hall–Kier alpha value is -1.07. The van der Waals surface area contributed by atoms with Crippen LogP contribution < -0.4 is 15.8 Å². The van der Waals surface area contributed by atoms with Crippen molar-refractivity contribution in [3.05, 3.63) is 28.2 Å². The Balaban J connectivity index is 2.72. The second-order valence-electron chi connectivity index (χ2n) is 3.46. The Labute approximate surface area is 103 Å². The lowest BCUT2D eigenvalue weighted by atomic mass is 10.1. The van der Waals surface area contributed by atoms with Crippen molar-refractivity contribution in [2.24, 2.45) is 5.73 Å². The topological polar surface area (TPSA) is 64.3 Å². The van der Waals surface area contributed by atoms with Crippen molar-refractivity contribution in [1.82, 2.24) is 5.32 Å². The van der Waals surface area contributed by atoms with Gasteiger partial charge in [0.25, 0.3) is 0 Å². The number of halogens is 1. The first-order chi connectivity index (χ1) is 7.54. The molecule has 1 atom stereocenters. The van der Waals surface area contributed by atoms with Gasteiger partial charge in [-0.05, 0) is 40.5 Å². The van der Waals surface area contributed by atoms with E-state index in [0.717, 1.165) is 15.8 Å². The van der Waals surface area contributed by atoms with Gasteiger partial charge in [0.1, 0.15) is 5.75 Å². The normalized spacial score (nSPS) is 12.2. The van der Waals surface area contributed by atoms with Crippen LogP contribution in [0, 0.1) is 0 Å². The molecular weight excluding hydrogens is 272 g/mol. The van der Waals surface area contributed by atoms with Gasteiger partial charge in [-0.1, -0.05) is 6.07 Å². The van der Waals surface area contributed by atoms with Gasteiger partial charge in [-0.3, -0.25) is 4.79 Å². The first-order valence-electron chi connectivity index (χ1n) is 4.89. The number of hydrogen-bond acceptors (Lipinski definition) is 3. The van der Waals surface area contributed by atoms with Crippen LogP contribution in [0.5, 0.6) is 5.75 Å². The quantitative estimate of drug-likeness (QED) is 0.864. The summed E-state index contributed by atoms with van der Waals surface area (Å²) in [5.41, 5.74) is 6.13. The minimum absolute atomic E-state index is 0.0645. The van der Waals surface area contributed by atoms with E-state index >= 15 is 0 Å². The molecule has 5 heteroatoms. The summed E-state index contributed by atoms with van der Waals surface area (Å²) in [4.78, 5) is 10.6. The van der Waals surface area contributed by atoms with Gasteiger partial charge in [0.2, 0.25) is 5.91 Å². The first-order valence-corrected chi connectivity index (χ1v) is 5.69. The number of nitrogens with two attached hydrogens (primary N) is 1. The van der Waals surface area contributed by atoms with Gasteiger partial charge in [0.15, 0.2) is 0 Å². The van der Waals surface area contributed by atoms with Crippen LogP contribution in [0.4, 0.5) is 0 Å². The highest BCUT2D eigenvalue weighted by Crippen LogP contribution is 2.27. The van der Waals surface area contributed by atoms with Crippen molar-refractivity contribution >= 4 is 21.8 Å². The fraction of sp³-hybridized carbons (Fsp3) is 0.364. The van der Waals surface area contributed by atoms with E-state index in [1.54, 1.807) is 7.11 Å². The number of ether oxygens (including phenoxy) is 1. The van der Waals surface area contributed by atoms with Gasteiger partial charge >= 0.3 is 0 Å². The Morgan fingerprint density at radius 1 is 1.62 bits per heavy atom. The summed E-state index contributed by atoms with van der Waals surface area (Å²) < 4.78 is 6.03. The summed E-state index contributed by atoms with van der Waals surface area (Å²) in [5, 5.41) is 3.03. The second-order valence-corrected chi connectivity index (χ2v) is 4.32. The van der Waals surface area contributed by atoms with Crippen LogP contribution in [0.2, 0.25) is 0 Å². The third-order valence-corrected chi connectivity index (χ3v) is 2.88. The summed E-state index contributed by atoms with van der Waals surface area (Å²) >= 11 is 3.41. The average molecular weight is 287 g/mol. The third-order valence-electron chi connectivity index (χ3n) is 2.26. The molecule has 88 valence electrons. The monoisotopic (exact) mass is 286 g/mol. The molecule has 0 spiro atoms. The number of carbonyl (C=O) groups excluding carboxylic acids is 1. The van der Waals surface area contributed by atoms with E-state index < -0.39 is 0 Å². The summed E-state index contributed by atoms with van der Waals surface area (Å²) in [6.45, 7) is 2.14. The van der Waals surface area contributed by atoms with E-state index in [2.05, 4.69) is 21.2 Å². The highest BCUT2D eigenvalue weighted by molar-refractivity contribution is 9.10. The van der Waals surface area contributed by atoms with Crippen molar-refractivity contribution < 1.29 is 9.53 Å². The van der Waals surface area contributed by atoms with E-state index in [1.165, 1.54) is 0 Å². The maximum absolute atomic E-state index is 10.6.